The molecule has 1 aromatic heterocycles. The quantitative estimate of drug-likeness (QED) is 0.728. The number of hydrogen-bond donors (Lipinski definition) is 2. The topological polar surface area (TPSA) is 67.4 Å². The van der Waals surface area contributed by atoms with Crippen molar-refractivity contribution in [2.24, 2.45) is 0 Å². The van der Waals surface area contributed by atoms with Crippen molar-refractivity contribution in [3.05, 3.63) is 52.2 Å². The summed E-state index contributed by atoms with van der Waals surface area (Å²) in [5.41, 5.74) is 1.15. The molecule has 0 aliphatic carbocycles. The van der Waals surface area contributed by atoms with Crippen LogP contribution in [0.3, 0.4) is 0 Å². The van der Waals surface area contributed by atoms with E-state index >= 15 is 0 Å². The van der Waals surface area contributed by atoms with Gasteiger partial charge in [-0.3, -0.25) is 0 Å². The van der Waals surface area contributed by atoms with Crippen LogP contribution < -0.4 is 14.8 Å². The van der Waals surface area contributed by atoms with Gasteiger partial charge in [-0.1, -0.05) is 18.2 Å². The van der Waals surface area contributed by atoms with Crippen LogP contribution in [0.25, 0.3) is 0 Å². The molecule has 0 radical (unpaired) electrons. The van der Waals surface area contributed by atoms with Crippen LogP contribution in [-0.4, -0.2) is 40.4 Å². The minimum Gasteiger partial charge on any atom is -0.497 e. The van der Waals surface area contributed by atoms with E-state index in [1.165, 1.54) is 0 Å². The monoisotopic (exact) mass is 416 g/mol. The Bertz CT molecular complexity index is 764. The molecule has 0 bridgehead atoms. The van der Waals surface area contributed by atoms with Crippen LogP contribution in [0.2, 0.25) is 0 Å². The van der Waals surface area contributed by atoms with E-state index in [0.29, 0.717) is 13.0 Å². The molecule has 2 unspecified atom stereocenters. The van der Waals surface area contributed by atoms with Crippen molar-refractivity contribution < 1.29 is 13.2 Å². The van der Waals surface area contributed by atoms with Gasteiger partial charge in [-0.25, -0.2) is 13.1 Å². The highest BCUT2D eigenvalue weighted by Gasteiger charge is 2.29. The van der Waals surface area contributed by atoms with Crippen molar-refractivity contribution in [1.82, 2.24) is 10.0 Å². The Morgan fingerprint density at radius 1 is 1.27 bits per heavy atom. The van der Waals surface area contributed by atoms with E-state index in [2.05, 4.69) is 10.0 Å². The summed E-state index contributed by atoms with van der Waals surface area (Å²) in [5, 5.41) is 5.27. The molecule has 26 heavy (non-hydrogen) atoms. The second-order valence-corrected chi connectivity index (χ2v) is 9.15. The summed E-state index contributed by atoms with van der Waals surface area (Å²) >= 11 is 1.59. The van der Waals surface area contributed by atoms with Crippen molar-refractivity contribution in [1.29, 1.82) is 0 Å². The maximum Gasteiger partial charge on any atom is 0.212 e. The highest BCUT2D eigenvalue weighted by Crippen LogP contribution is 2.27. The summed E-state index contributed by atoms with van der Waals surface area (Å²) in [7, 11) is -1.68. The van der Waals surface area contributed by atoms with E-state index in [0.717, 1.165) is 29.2 Å². The molecule has 2 aromatic rings. The number of piperidine rings is 1. The molecule has 2 heterocycles. The first-order valence-electron chi connectivity index (χ1n) is 8.44. The third-order valence-electron chi connectivity index (χ3n) is 4.55. The van der Waals surface area contributed by atoms with Crippen LogP contribution in [0.5, 0.6) is 5.75 Å². The average Bonchev–Trinajstić information content (AvgIpc) is 3.14. The fourth-order valence-corrected chi connectivity index (χ4v) is 5.37. The van der Waals surface area contributed by atoms with Gasteiger partial charge >= 0.3 is 0 Å². The average molecular weight is 417 g/mol. The Kier molecular flexibility index (Phi) is 7.91. The Labute approximate surface area is 165 Å². The van der Waals surface area contributed by atoms with Gasteiger partial charge in [0.1, 0.15) is 5.75 Å². The molecule has 1 aromatic carbocycles. The molecule has 2 atom stereocenters. The standard InChI is InChI=1S/C18H24N2O3S2.ClH/c1-23-15-6-4-14(5-7-15)17-8-10-19-13-18(17)20-25(21,22)12-9-16-3-2-11-24-16;/h2-7,11,17-20H,8-10,12-13H2,1H3;1H. The number of ether oxygens (including phenoxy) is 1. The van der Waals surface area contributed by atoms with E-state index in [-0.39, 0.29) is 30.1 Å². The summed E-state index contributed by atoms with van der Waals surface area (Å²) in [5.74, 6) is 1.11. The van der Waals surface area contributed by atoms with E-state index in [9.17, 15) is 8.42 Å². The Morgan fingerprint density at radius 3 is 2.69 bits per heavy atom. The lowest BCUT2D eigenvalue weighted by Gasteiger charge is -2.33. The second kappa shape index (κ2) is 9.71. The maximum atomic E-state index is 12.5. The normalized spacial score (nSPS) is 20.3. The number of rotatable bonds is 7. The molecule has 3 rings (SSSR count). The lowest BCUT2D eigenvalue weighted by atomic mass is 9.86. The molecule has 5 nitrogen and oxygen atoms in total. The third kappa shape index (κ3) is 5.69. The van der Waals surface area contributed by atoms with Gasteiger partial charge in [-0.15, -0.1) is 23.7 Å². The summed E-state index contributed by atoms with van der Waals surface area (Å²) in [6, 6.07) is 11.7. The number of methoxy groups -OCH3 is 1. The summed E-state index contributed by atoms with van der Waals surface area (Å²) in [4.78, 5) is 1.10. The van der Waals surface area contributed by atoms with Gasteiger partial charge in [0.05, 0.1) is 12.9 Å². The van der Waals surface area contributed by atoms with Gasteiger partial charge in [0.2, 0.25) is 10.0 Å². The summed E-state index contributed by atoms with van der Waals surface area (Å²) < 4.78 is 33.2. The Morgan fingerprint density at radius 2 is 2.04 bits per heavy atom. The van der Waals surface area contributed by atoms with E-state index < -0.39 is 10.0 Å². The van der Waals surface area contributed by atoms with Crippen LogP contribution in [0.15, 0.2) is 41.8 Å². The molecule has 144 valence electrons. The minimum atomic E-state index is -3.32. The first-order valence-corrected chi connectivity index (χ1v) is 11.0. The van der Waals surface area contributed by atoms with Crippen LogP contribution in [0, 0.1) is 0 Å². The number of benzene rings is 1. The van der Waals surface area contributed by atoms with Crippen molar-refractivity contribution in [3.63, 3.8) is 0 Å². The molecule has 1 fully saturated rings. The lowest BCUT2D eigenvalue weighted by Crippen LogP contribution is -2.50. The number of sulfonamides is 1. The number of halogens is 1. The van der Waals surface area contributed by atoms with Gasteiger partial charge in [0.25, 0.3) is 0 Å². The minimum absolute atomic E-state index is 0. The Balaban J connectivity index is 0.00000243. The molecule has 1 saturated heterocycles. The highest BCUT2D eigenvalue weighted by molar-refractivity contribution is 7.89. The van der Waals surface area contributed by atoms with Gasteiger partial charge in [0.15, 0.2) is 0 Å². The van der Waals surface area contributed by atoms with Crippen LogP contribution >= 0.6 is 23.7 Å². The van der Waals surface area contributed by atoms with Gasteiger partial charge in [-0.2, -0.15) is 0 Å². The fourth-order valence-electron chi connectivity index (χ4n) is 3.21. The van der Waals surface area contributed by atoms with Crippen molar-refractivity contribution in [2.45, 2.75) is 24.8 Å². The predicted molar refractivity (Wildman–Crippen MR) is 109 cm³/mol. The smallest absolute Gasteiger partial charge is 0.212 e. The summed E-state index contributed by atoms with van der Waals surface area (Å²) in [6.07, 6.45) is 1.46. The molecule has 8 heteroatoms. The zero-order valence-electron chi connectivity index (χ0n) is 14.7. The van der Waals surface area contributed by atoms with Crippen LogP contribution in [-0.2, 0) is 16.4 Å². The summed E-state index contributed by atoms with van der Waals surface area (Å²) in [6.45, 7) is 1.54. The number of aryl methyl sites for hydroxylation is 1. The predicted octanol–water partition coefficient (Wildman–Crippen LogP) is 2.79. The second-order valence-electron chi connectivity index (χ2n) is 6.25. The molecule has 1 aliphatic rings. The zero-order valence-corrected chi connectivity index (χ0v) is 17.1. The molecular weight excluding hydrogens is 392 g/mol. The number of thiophene rings is 1. The van der Waals surface area contributed by atoms with Crippen LogP contribution in [0.4, 0.5) is 0 Å². The number of hydrogen-bond acceptors (Lipinski definition) is 5. The maximum absolute atomic E-state index is 12.5. The lowest BCUT2D eigenvalue weighted by molar-refractivity contribution is 0.377. The largest absolute Gasteiger partial charge is 0.497 e. The third-order valence-corrected chi connectivity index (χ3v) is 6.89. The van der Waals surface area contributed by atoms with Crippen molar-refractivity contribution >= 4 is 33.8 Å². The van der Waals surface area contributed by atoms with E-state index in [1.807, 2.05) is 41.8 Å². The molecule has 0 amide bonds. The SMILES string of the molecule is COc1ccc(C2CCNCC2NS(=O)(=O)CCc2cccs2)cc1.Cl. The molecular formula is C18H25ClN2O3S2. The van der Waals surface area contributed by atoms with Gasteiger partial charge in [-0.05, 0) is 48.5 Å². The molecule has 0 spiro atoms. The first kappa shape index (κ1) is 21.2. The highest BCUT2D eigenvalue weighted by atomic mass is 35.5. The molecule has 1 aliphatic heterocycles. The number of nitrogens with one attached hydrogen (secondary N) is 2. The van der Waals surface area contributed by atoms with Crippen molar-refractivity contribution in [3.8, 4) is 5.75 Å². The Hall–Kier alpha value is -1.12. The first-order chi connectivity index (χ1) is 12.1. The molecule has 0 saturated carbocycles. The van der Waals surface area contributed by atoms with E-state index in [4.69, 9.17) is 4.74 Å². The fraction of sp³-hybridized carbons (Fsp3) is 0.444. The zero-order chi connectivity index (χ0) is 17.7. The van der Waals surface area contributed by atoms with E-state index in [1.54, 1.807) is 18.4 Å². The van der Waals surface area contributed by atoms with Crippen LogP contribution in [0.1, 0.15) is 22.8 Å². The van der Waals surface area contributed by atoms with Crippen molar-refractivity contribution in [2.75, 3.05) is 26.0 Å². The molecule has 2 N–H and O–H groups in total. The van der Waals surface area contributed by atoms with Gasteiger partial charge in [0, 0.05) is 23.4 Å². The van der Waals surface area contributed by atoms with Gasteiger partial charge < -0.3 is 10.1 Å².